The fraction of sp³-hybridized carbons (Fsp3) is 0.400. The monoisotopic (exact) mass is 382 g/mol. The van der Waals surface area contributed by atoms with Gasteiger partial charge in [0, 0.05) is 18.7 Å². The van der Waals surface area contributed by atoms with Gasteiger partial charge in [0.25, 0.3) is 5.91 Å². The second kappa shape index (κ2) is 8.69. The van der Waals surface area contributed by atoms with Crippen LogP contribution in [0.25, 0.3) is 0 Å². The van der Waals surface area contributed by atoms with Crippen molar-refractivity contribution < 1.29 is 9.59 Å². The summed E-state index contributed by atoms with van der Waals surface area (Å²) < 4.78 is 0. The molecule has 6 N–H and O–H groups in total. The molecule has 1 aliphatic carbocycles. The number of primary amides is 2. The van der Waals surface area contributed by atoms with Gasteiger partial charge in [-0.1, -0.05) is 12.1 Å². The van der Waals surface area contributed by atoms with Crippen LogP contribution in [0.2, 0.25) is 0 Å². The van der Waals surface area contributed by atoms with Crippen LogP contribution in [0.15, 0.2) is 30.5 Å². The van der Waals surface area contributed by atoms with E-state index in [1.165, 1.54) is 24.8 Å². The maximum Gasteiger partial charge on any atom is 0.271 e. The van der Waals surface area contributed by atoms with Gasteiger partial charge in [0.1, 0.15) is 5.82 Å². The Bertz CT molecular complexity index is 842. The number of aromatic nitrogens is 2. The Morgan fingerprint density at radius 3 is 2.11 bits per heavy atom. The minimum Gasteiger partial charge on any atom is -0.382 e. The molecule has 1 aliphatic heterocycles. The molecule has 0 spiro atoms. The number of hydrogen-bond acceptors (Lipinski definition) is 6. The van der Waals surface area contributed by atoms with Crippen molar-refractivity contribution in [2.75, 3.05) is 23.7 Å². The first-order chi connectivity index (χ1) is 13.5. The lowest BCUT2D eigenvalue weighted by Gasteiger charge is -2.27. The van der Waals surface area contributed by atoms with Crippen LogP contribution in [0, 0.1) is 0 Å². The molecule has 0 atom stereocenters. The highest BCUT2D eigenvalue weighted by atomic mass is 16.1. The summed E-state index contributed by atoms with van der Waals surface area (Å²) in [6.07, 6.45) is 7.69. The first-order valence-electron chi connectivity index (χ1n) is 9.52. The molecule has 0 bridgehead atoms. The first-order valence-corrected chi connectivity index (χ1v) is 9.52. The lowest BCUT2D eigenvalue weighted by atomic mass is 10.1. The molecule has 2 heterocycles. The molecule has 8 heteroatoms. The number of piperidine rings is 1. The summed E-state index contributed by atoms with van der Waals surface area (Å²) in [4.78, 5) is 31.9. The van der Waals surface area contributed by atoms with Crippen LogP contribution in [0.5, 0.6) is 0 Å². The average molecular weight is 382 g/mol. The molecule has 2 amide bonds. The zero-order chi connectivity index (χ0) is 20.1. The van der Waals surface area contributed by atoms with E-state index in [1.54, 1.807) is 18.3 Å². The van der Waals surface area contributed by atoms with Crippen molar-refractivity contribution >= 4 is 23.5 Å². The summed E-state index contributed by atoms with van der Waals surface area (Å²) >= 11 is 0. The van der Waals surface area contributed by atoms with E-state index in [9.17, 15) is 9.59 Å². The van der Waals surface area contributed by atoms with Crippen molar-refractivity contribution in [3.05, 3.63) is 47.3 Å². The summed E-state index contributed by atoms with van der Waals surface area (Å²) in [5.74, 6) is 0.581. The number of nitrogens with two attached hydrogens (primary N) is 3. The van der Waals surface area contributed by atoms with Gasteiger partial charge in [0.2, 0.25) is 5.91 Å². The van der Waals surface area contributed by atoms with Crippen LogP contribution in [-0.2, 0) is 0 Å². The Kier molecular flexibility index (Phi) is 6.08. The molecule has 1 saturated carbocycles. The highest BCUT2D eigenvalue weighted by Gasteiger charge is 2.23. The van der Waals surface area contributed by atoms with Gasteiger partial charge < -0.3 is 22.1 Å². The van der Waals surface area contributed by atoms with E-state index in [0.29, 0.717) is 5.56 Å². The van der Waals surface area contributed by atoms with Gasteiger partial charge in [-0.05, 0) is 55.7 Å². The number of benzene rings is 1. The Morgan fingerprint density at radius 2 is 1.61 bits per heavy atom. The predicted molar refractivity (Wildman–Crippen MR) is 108 cm³/mol. The van der Waals surface area contributed by atoms with Gasteiger partial charge >= 0.3 is 0 Å². The lowest BCUT2D eigenvalue weighted by molar-refractivity contribution is 0.0989. The second-order valence-electron chi connectivity index (χ2n) is 7.13. The molecule has 0 unspecified atom stereocenters. The highest BCUT2D eigenvalue weighted by Crippen LogP contribution is 2.39. The third-order valence-corrected chi connectivity index (χ3v) is 4.94. The molecule has 1 aromatic carbocycles. The van der Waals surface area contributed by atoms with Crippen molar-refractivity contribution in [1.29, 1.82) is 0 Å². The first kappa shape index (κ1) is 19.6. The number of carbonyl (C=O) groups excluding carboxylic acids is 2. The van der Waals surface area contributed by atoms with Crippen molar-refractivity contribution in [2.24, 2.45) is 11.5 Å². The number of hydrogen-bond donors (Lipinski definition) is 3. The molecule has 8 nitrogen and oxygen atoms in total. The fourth-order valence-corrected chi connectivity index (χ4v) is 3.20. The van der Waals surface area contributed by atoms with E-state index in [4.69, 9.17) is 17.2 Å². The van der Waals surface area contributed by atoms with Crippen LogP contribution in [-0.4, -0.2) is 34.9 Å². The minimum atomic E-state index is -0.643. The lowest BCUT2D eigenvalue weighted by Crippen LogP contribution is -2.31. The third kappa shape index (κ3) is 4.97. The van der Waals surface area contributed by atoms with Crippen LogP contribution in [0.3, 0.4) is 0 Å². The molecule has 28 heavy (non-hydrogen) atoms. The summed E-state index contributed by atoms with van der Waals surface area (Å²) in [5.41, 5.74) is 17.8. The van der Waals surface area contributed by atoms with Gasteiger partial charge in [-0.25, -0.2) is 9.97 Å². The zero-order valence-electron chi connectivity index (χ0n) is 15.8. The normalized spacial score (nSPS) is 16.1. The van der Waals surface area contributed by atoms with E-state index in [0.717, 1.165) is 37.7 Å². The summed E-state index contributed by atoms with van der Waals surface area (Å²) in [7, 11) is 0. The van der Waals surface area contributed by atoms with E-state index < -0.39 is 5.91 Å². The molecular formula is C20H26N6O2. The molecule has 2 aromatic rings. The number of amides is 2. The van der Waals surface area contributed by atoms with Gasteiger partial charge in [-0.3, -0.25) is 9.59 Å². The standard InChI is InChI=1S/C10H15N5O.C10H11NO/c11-9-8(10(12)16)13-6-7(14-9)15-4-2-1-3-5-15;11-10(12)9-5-3-8(4-6-9)7-1-2-7/h6H,1-5H2,(H2,11,14)(H2,12,16);3-7H,1-2H2,(H2,11,12). The molecule has 1 aromatic heterocycles. The third-order valence-electron chi connectivity index (χ3n) is 4.94. The quantitative estimate of drug-likeness (QED) is 0.736. The van der Waals surface area contributed by atoms with Crippen LogP contribution in [0.1, 0.15) is 64.4 Å². The number of nitrogen functional groups attached to an aromatic ring is 1. The van der Waals surface area contributed by atoms with Crippen molar-refractivity contribution in [2.45, 2.75) is 38.0 Å². The smallest absolute Gasteiger partial charge is 0.271 e. The van der Waals surface area contributed by atoms with E-state index >= 15 is 0 Å². The summed E-state index contributed by atoms with van der Waals surface area (Å²) in [6.45, 7) is 1.92. The van der Waals surface area contributed by atoms with Crippen molar-refractivity contribution in [3.63, 3.8) is 0 Å². The highest BCUT2D eigenvalue weighted by molar-refractivity contribution is 5.95. The molecule has 2 fully saturated rings. The fourth-order valence-electron chi connectivity index (χ4n) is 3.20. The average Bonchev–Trinajstić information content (AvgIpc) is 3.54. The number of carbonyl (C=O) groups is 2. The maximum atomic E-state index is 10.9. The van der Waals surface area contributed by atoms with Gasteiger partial charge in [-0.15, -0.1) is 0 Å². The van der Waals surface area contributed by atoms with Gasteiger partial charge in [0.05, 0.1) is 6.20 Å². The largest absolute Gasteiger partial charge is 0.382 e. The van der Waals surface area contributed by atoms with Crippen LogP contribution < -0.4 is 22.1 Å². The topological polar surface area (TPSA) is 141 Å². The zero-order valence-corrected chi connectivity index (χ0v) is 15.8. The minimum absolute atomic E-state index is 0.0424. The number of rotatable bonds is 4. The number of nitrogens with zero attached hydrogens (tertiary/aromatic N) is 3. The molecular weight excluding hydrogens is 356 g/mol. The molecule has 148 valence electrons. The Labute approximate surface area is 164 Å². The molecule has 2 aliphatic rings. The van der Waals surface area contributed by atoms with Crippen LogP contribution in [0.4, 0.5) is 11.6 Å². The second-order valence-corrected chi connectivity index (χ2v) is 7.13. The van der Waals surface area contributed by atoms with Crippen LogP contribution >= 0.6 is 0 Å². The van der Waals surface area contributed by atoms with Crippen molar-refractivity contribution in [3.8, 4) is 0 Å². The van der Waals surface area contributed by atoms with E-state index in [-0.39, 0.29) is 17.4 Å². The Morgan fingerprint density at radius 1 is 0.964 bits per heavy atom. The van der Waals surface area contributed by atoms with Gasteiger partial charge in [0.15, 0.2) is 11.5 Å². The Balaban J connectivity index is 0.000000167. The Hall–Kier alpha value is -3.16. The van der Waals surface area contributed by atoms with Gasteiger partial charge in [-0.2, -0.15) is 0 Å². The van der Waals surface area contributed by atoms with E-state index in [1.807, 2.05) is 12.1 Å². The summed E-state index contributed by atoms with van der Waals surface area (Å²) in [6, 6.07) is 7.60. The predicted octanol–water partition coefficient (Wildman–Crippen LogP) is 1.81. The molecule has 4 rings (SSSR count). The summed E-state index contributed by atoms with van der Waals surface area (Å²) in [5, 5.41) is 0. The number of anilines is 2. The van der Waals surface area contributed by atoms with E-state index in [2.05, 4.69) is 14.9 Å². The molecule has 1 saturated heterocycles. The van der Waals surface area contributed by atoms with Crippen molar-refractivity contribution in [1.82, 2.24) is 9.97 Å². The SMILES string of the molecule is NC(=O)c1ccc(C2CC2)cc1.NC(=O)c1ncc(N2CCCCC2)nc1N. The molecule has 0 radical (unpaired) electrons. The maximum absolute atomic E-state index is 10.9.